The summed E-state index contributed by atoms with van der Waals surface area (Å²) in [7, 11) is 0. The number of anilines is 1. The Bertz CT molecular complexity index is 622. The molecule has 1 aliphatic rings. The van der Waals surface area contributed by atoms with Crippen LogP contribution in [0.4, 0.5) is 10.1 Å². The molecule has 0 bridgehead atoms. The summed E-state index contributed by atoms with van der Waals surface area (Å²) < 4.78 is 12.9. The van der Waals surface area contributed by atoms with Gasteiger partial charge < -0.3 is 5.32 Å². The van der Waals surface area contributed by atoms with Crippen molar-refractivity contribution in [3.8, 4) is 0 Å². The second kappa shape index (κ2) is 5.45. The zero-order valence-electron chi connectivity index (χ0n) is 11.4. The predicted octanol–water partition coefficient (Wildman–Crippen LogP) is 4.61. The van der Waals surface area contributed by atoms with Gasteiger partial charge in [0.15, 0.2) is 0 Å². The number of rotatable bonds is 2. The highest BCUT2D eigenvalue weighted by Gasteiger charge is 2.20. The smallest absolute Gasteiger partial charge is 0.123 e. The molecule has 0 saturated heterocycles. The molecule has 1 heterocycles. The molecule has 3 rings (SSSR count). The van der Waals surface area contributed by atoms with Gasteiger partial charge in [0, 0.05) is 17.3 Å². The number of nitrogens with one attached hydrogen (secondary N) is 1. The van der Waals surface area contributed by atoms with E-state index in [1.165, 1.54) is 28.9 Å². The maximum absolute atomic E-state index is 12.9. The van der Waals surface area contributed by atoms with Crippen LogP contribution in [0.5, 0.6) is 0 Å². The fraction of sp³-hybridized carbons (Fsp3) is 0.294. The molecule has 0 spiro atoms. The summed E-state index contributed by atoms with van der Waals surface area (Å²) in [4.78, 5) is 0. The van der Waals surface area contributed by atoms with Gasteiger partial charge in [0.1, 0.15) is 5.82 Å². The third kappa shape index (κ3) is 2.66. The van der Waals surface area contributed by atoms with E-state index >= 15 is 0 Å². The Labute approximate surface area is 123 Å². The molecule has 0 saturated carbocycles. The van der Waals surface area contributed by atoms with Crippen molar-refractivity contribution < 1.29 is 4.39 Å². The number of fused-ring (bicyclic) bond motifs is 1. The van der Waals surface area contributed by atoms with Crippen molar-refractivity contribution in [2.75, 3.05) is 11.9 Å². The van der Waals surface area contributed by atoms with Crippen molar-refractivity contribution >= 4 is 17.3 Å². The van der Waals surface area contributed by atoms with E-state index in [2.05, 4.69) is 18.3 Å². The van der Waals surface area contributed by atoms with E-state index in [4.69, 9.17) is 11.6 Å². The molecule has 1 N–H and O–H groups in total. The van der Waals surface area contributed by atoms with Crippen molar-refractivity contribution in [3.05, 3.63) is 63.9 Å². The molecule has 0 aromatic heterocycles. The Morgan fingerprint density at radius 1 is 1.20 bits per heavy atom. The molecule has 104 valence electrons. The summed E-state index contributed by atoms with van der Waals surface area (Å²) in [6.45, 7) is 2.99. The molecule has 0 fully saturated rings. The molecule has 1 nitrogen and oxygen atoms in total. The summed E-state index contributed by atoms with van der Waals surface area (Å²) in [6, 6.07) is 10.9. The van der Waals surface area contributed by atoms with Crippen LogP contribution >= 0.6 is 11.6 Å². The summed E-state index contributed by atoms with van der Waals surface area (Å²) >= 11 is 6.15. The van der Waals surface area contributed by atoms with Crippen LogP contribution in [0.25, 0.3) is 0 Å². The lowest BCUT2D eigenvalue weighted by molar-refractivity contribution is 0.534. The van der Waals surface area contributed by atoms with E-state index in [9.17, 15) is 4.39 Å². The van der Waals surface area contributed by atoms with Crippen LogP contribution in [0, 0.1) is 18.7 Å². The van der Waals surface area contributed by atoms with E-state index in [1.807, 2.05) is 18.2 Å². The van der Waals surface area contributed by atoms with Gasteiger partial charge in [-0.1, -0.05) is 29.8 Å². The maximum atomic E-state index is 12.9. The molecular formula is C17H17ClFN. The topological polar surface area (TPSA) is 12.0 Å². The van der Waals surface area contributed by atoms with E-state index in [0.717, 1.165) is 30.0 Å². The highest BCUT2D eigenvalue weighted by molar-refractivity contribution is 6.31. The van der Waals surface area contributed by atoms with Gasteiger partial charge in [-0.2, -0.15) is 0 Å². The standard InChI is InChI=1S/C17H17ClFN/c1-11-16(18)7-4-14-9-13(10-20-17(11)14)8-12-2-5-15(19)6-3-12/h2-7,13,20H,8-10H2,1H3. The van der Waals surface area contributed by atoms with Crippen molar-refractivity contribution in [1.82, 2.24) is 0 Å². The molecule has 1 aliphatic heterocycles. The van der Waals surface area contributed by atoms with Crippen LogP contribution < -0.4 is 5.32 Å². The van der Waals surface area contributed by atoms with Gasteiger partial charge in [0.05, 0.1) is 0 Å². The molecular weight excluding hydrogens is 273 g/mol. The molecule has 0 amide bonds. The second-order valence-corrected chi connectivity index (χ2v) is 5.90. The Morgan fingerprint density at radius 2 is 1.95 bits per heavy atom. The first-order chi connectivity index (χ1) is 9.63. The molecule has 3 heteroatoms. The number of benzene rings is 2. The fourth-order valence-corrected chi connectivity index (χ4v) is 3.04. The first-order valence-corrected chi connectivity index (χ1v) is 7.27. The average Bonchev–Trinajstić information content (AvgIpc) is 2.46. The van der Waals surface area contributed by atoms with Crippen molar-refractivity contribution in [3.63, 3.8) is 0 Å². The van der Waals surface area contributed by atoms with Crippen LogP contribution in [0.15, 0.2) is 36.4 Å². The molecule has 20 heavy (non-hydrogen) atoms. The van der Waals surface area contributed by atoms with E-state index < -0.39 is 0 Å². The third-order valence-electron chi connectivity index (χ3n) is 4.00. The van der Waals surface area contributed by atoms with Crippen molar-refractivity contribution in [2.45, 2.75) is 19.8 Å². The number of hydrogen-bond donors (Lipinski definition) is 1. The normalized spacial score (nSPS) is 17.4. The lowest BCUT2D eigenvalue weighted by Crippen LogP contribution is -2.25. The third-order valence-corrected chi connectivity index (χ3v) is 4.41. The lowest BCUT2D eigenvalue weighted by Gasteiger charge is -2.28. The fourth-order valence-electron chi connectivity index (χ4n) is 2.89. The first-order valence-electron chi connectivity index (χ1n) is 6.90. The predicted molar refractivity (Wildman–Crippen MR) is 82.0 cm³/mol. The van der Waals surface area contributed by atoms with Gasteiger partial charge in [-0.05, 0) is 60.6 Å². The van der Waals surface area contributed by atoms with Crippen LogP contribution in [0.2, 0.25) is 5.02 Å². The molecule has 1 unspecified atom stereocenters. The first kappa shape index (κ1) is 13.4. The molecule has 1 atom stereocenters. The van der Waals surface area contributed by atoms with Crippen LogP contribution in [0.1, 0.15) is 16.7 Å². The van der Waals surface area contributed by atoms with E-state index in [0.29, 0.717) is 5.92 Å². The number of halogens is 2. The van der Waals surface area contributed by atoms with Crippen LogP contribution in [-0.4, -0.2) is 6.54 Å². The minimum Gasteiger partial charge on any atom is -0.384 e. The monoisotopic (exact) mass is 289 g/mol. The van der Waals surface area contributed by atoms with E-state index in [1.54, 1.807) is 0 Å². The second-order valence-electron chi connectivity index (χ2n) is 5.49. The zero-order chi connectivity index (χ0) is 14.1. The Morgan fingerprint density at radius 3 is 2.70 bits per heavy atom. The summed E-state index contributed by atoms with van der Waals surface area (Å²) in [5, 5.41) is 4.31. The quantitative estimate of drug-likeness (QED) is 0.851. The Kier molecular flexibility index (Phi) is 3.66. The van der Waals surface area contributed by atoms with Crippen LogP contribution in [-0.2, 0) is 12.8 Å². The lowest BCUT2D eigenvalue weighted by atomic mass is 9.88. The van der Waals surface area contributed by atoms with Crippen molar-refractivity contribution in [1.29, 1.82) is 0 Å². The van der Waals surface area contributed by atoms with Gasteiger partial charge in [-0.25, -0.2) is 4.39 Å². The van der Waals surface area contributed by atoms with Gasteiger partial charge in [0.2, 0.25) is 0 Å². The maximum Gasteiger partial charge on any atom is 0.123 e. The molecule has 2 aromatic carbocycles. The zero-order valence-corrected chi connectivity index (χ0v) is 12.2. The van der Waals surface area contributed by atoms with Gasteiger partial charge in [-0.3, -0.25) is 0 Å². The van der Waals surface area contributed by atoms with Gasteiger partial charge in [-0.15, -0.1) is 0 Å². The average molecular weight is 290 g/mol. The SMILES string of the molecule is Cc1c(Cl)ccc2c1NCC(Cc1ccc(F)cc1)C2. The summed E-state index contributed by atoms with van der Waals surface area (Å²) in [5.41, 5.74) is 4.83. The molecule has 2 aromatic rings. The highest BCUT2D eigenvalue weighted by atomic mass is 35.5. The highest BCUT2D eigenvalue weighted by Crippen LogP contribution is 2.33. The van der Waals surface area contributed by atoms with Gasteiger partial charge in [0.25, 0.3) is 0 Å². The minimum absolute atomic E-state index is 0.175. The summed E-state index contributed by atoms with van der Waals surface area (Å²) in [5.74, 6) is 0.361. The minimum atomic E-state index is -0.175. The van der Waals surface area contributed by atoms with Crippen molar-refractivity contribution in [2.24, 2.45) is 5.92 Å². The largest absolute Gasteiger partial charge is 0.384 e. The van der Waals surface area contributed by atoms with Gasteiger partial charge >= 0.3 is 0 Å². The Balaban J connectivity index is 1.76. The van der Waals surface area contributed by atoms with Crippen LogP contribution in [0.3, 0.4) is 0 Å². The summed E-state index contributed by atoms with van der Waals surface area (Å²) in [6.07, 6.45) is 2.01. The van der Waals surface area contributed by atoms with E-state index in [-0.39, 0.29) is 5.82 Å². The Hall–Kier alpha value is -1.54. The molecule has 0 radical (unpaired) electrons. The number of hydrogen-bond acceptors (Lipinski definition) is 1. The molecule has 0 aliphatic carbocycles.